The van der Waals surface area contributed by atoms with E-state index in [9.17, 15) is 27.9 Å². The van der Waals surface area contributed by atoms with E-state index in [-0.39, 0.29) is 17.7 Å². The third-order valence-corrected chi connectivity index (χ3v) is 6.99. The minimum atomic E-state index is -4.50. The van der Waals surface area contributed by atoms with Crippen LogP contribution in [0.5, 0.6) is 0 Å². The number of aliphatic carboxylic acids is 1. The van der Waals surface area contributed by atoms with Gasteiger partial charge in [0.25, 0.3) is 0 Å². The monoisotopic (exact) mass is 459 g/mol. The number of carbonyl (C=O) groups is 2. The van der Waals surface area contributed by atoms with Crippen LogP contribution in [0.4, 0.5) is 18.3 Å². The highest BCUT2D eigenvalue weighted by Gasteiger charge is 2.51. The van der Waals surface area contributed by atoms with Gasteiger partial charge in [0.2, 0.25) is 5.91 Å². The summed E-state index contributed by atoms with van der Waals surface area (Å²) >= 11 is 1.22. The molecule has 5 rings (SSSR count). The second-order valence-corrected chi connectivity index (χ2v) is 8.99. The SMILES string of the molecule is O=C(O)C1C2C=CC(C2)C1C(=O)Nc1nc2ccc(-c3ccc(C(F)(F)F)nc3)cc2s1. The van der Waals surface area contributed by atoms with Gasteiger partial charge >= 0.3 is 12.1 Å². The second kappa shape index (κ2) is 7.40. The first kappa shape index (κ1) is 20.6. The maximum Gasteiger partial charge on any atom is 0.433 e. The molecule has 2 N–H and O–H groups in total. The first-order chi connectivity index (χ1) is 15.2. The van der Waals surface area contributed by atoms with Crippen molar-refractivity contribution in [2.24, 2.45) is 23.7 Å². The molecule has 2 heterocycles. The molecule has 4 unspecified atom stereocenters. The molecule has 4 atom stereocenters. The average molecular weight is 459 g/mol. The van der Waals surface area contributed by atoms with E-state index in [1.165, 1.54) is 23.6 Å². The lowest BCUT2D eigenvalue weighted by Gasteiger charge is -2.23. The molecule has 1 aromatic carbocycles. The molecule has 6 nitrogen and oxygen atoms in total. The van der Waals surface area contributed by atoms with E-state index >= 15 is 0 Å². The number of allylic oxidation sites excluding steroid dienone is 2. The van der Waals surface area contributed by atoms with Gasteiger partial charge in [0.05, 0.1) is 22.1 Å². The van der Waals surface area contributed by atoms with E-state index in [2.05, 4.69) is 15.3 Å². The molecule has 0 aliphatic heterocycles. The fourth-order valence-electron chi connectivity index (χ4n) is 4.60. The molecule has 0 saturated heterocycles. The number of amides is 1. The van der Waals surface area contributed by atoms with Crippen molar-refractivity contribution in [3.63, 3.8) is 0 Å². The lowest BCUT2D eigenvalue weighted by molar-refractivity contribution is -0.146. The van der Waals surface area contributed by atoms with Crippen molar-refractivity contribution in [1.82, 2.24) is 9.97 Å². The van der Waals surface area contributed by atoms with Crippen molar-refractivity contribution in [1.29, 1.82) is 0 Å². The highest BCUT2D eigenvalue weighted by Crippen LogP contribution is 2.48. The van der Waals surface area contributed by atoms with Crippen molar-refractivity contribution < 1.29 is 27.9 Å². The van der Waals surface area contributed by atoms with Crippen molar-refractivity contribution in [2.75, 3.05) is 5.32 Å². The zero-order valence-corrected chi connectivity index (χ0v) is 17.2. The molecular weight excluding hydrogens is 443 g/mol. The molecule has 1 fully saturated rings. The maximum absolute atomic E-state index is 12.9. The Balaban J connectivity index is 1.37. The summed E-state index contributed by atoms with van der Waals surface area (Å²) in [6.45, 7) is 0. The van der Waals surface area contributed by atoms with Crippen LogP contribution in [0.15, 0.2) is 48.7 Å². The van der Waals surface area contributed by atoms with Crippen molar-refractivity contribution in [3.8, 4) is 11.1 Å². The number of pyridine rings is 1. The molecule has 164 valence electrons. The normalized spacial score (nSPS) is 24.2. The smallest absolute Gasteiger partial charge is 0.433 e. The lowest BCUT2D eigenvalue weighted by atomic mass is 9.82. The standard InChI is InChI=1S/C22H16F3N3O3S/c23-22(24,25)16-6-4-13(9-26-16)10-3-5-14-15(8-10)32-21(27-14)28-19(29)17-11-1-2-12(7-11)18(17)20(30)31/h1-6,8-9,11-12,17-18H,7H2,(H,30,31)(H,27,28,29). The molecular formula is C22H16F3N3O3S. The number of alkyl halides is 3. The van der Waals surface area contributed by atoms with Crippen LogP contribution in [0, 0.1) is 23.7 Å². The number of nitrogens with zero attached hydrogens (tertiary/aromatic N) is 2. The lowest BCUT2D eigenvalue weighted by Crippen LogP contribution is -2.36. The quantitative estimate of drug-likeness (QED) is 0.545. The van der Waals surface area contributed by atoms with Crippen LogP contribution in [0.25, 0.3) is 21.3 Å². The number of nitrogens with one attached hydrogen (secondary N) is 1. The third kappa shape index (κ3) is 3.54. The number of fused-ring (bicyclic) bond motifs is 3. The zero-order valence-electron chi connectivity index (χ0n) is 16.3. The van der Waals surface area contributed by atoms with Gasteiger partial charge in [0.1, 0.15) is 5.69 Å². The summed E-state index contributed by atoms with van der Waals surface area (Å²) in [6.07, 6.45) is 1.13. The summed E-state index contributed by atoms with van der Waals surface area (Å²) in [6, 6.07) is 7.50. The molecule has 2 bridgehead atoms. The number of hydrogen-bond donors (Lipinski definition) is 2. The maximum atomic E-state index is 12.9. The number of carboxylic acid groups (broad SMARTS) is 1. The van der Waals surface area contributed by atoms with Crippen LogP contribution in [-0.2, 0) is 15.8 Å². The van der Waals surface area contributed by atoms with Crippen LogP contribution >= 0.6 is 11.3 Å². The Bertz CT molecular complexity index is 1250. The van der Waals surface area contributed by atoms with Crippen LogP contribution in [-0.4, -0.2) is 27.0 Å². The molecule has 2 aliphatic rings. The van der Waals surface area contributed by atoms with E-state index < -0.39 is 29.7 Å². The molecule has 10 heteroatoms. The number of rotatable bonds is 4. The molecule has 0 spiro atoms. The number of halogens is 3. The van der Waals surface area contributed by atoms with Gasteiger partial charge in [-0.2, -0.15) is 13.2 Å². The van der Waals surface area contributed by atoms with Gasteiger partial charge in [-0.15, -0.1) is 0 Å². The first-order valence-electron chi connectivity index (χ1n) is 9.87. The van der Waals surface area contributed by atoms with Gasteiger partial charge in [0, 0.05) is 11.8 Å². The molecule has 2 aliphatic carbocycles. The fraction of sp³-hybridized carbons (Fsp3) is 0.273. The molecule has 2 aromatic heterocycles. The van der Waals surface area contributed by atoms with Crippen molar-refractivity contribution in [2.45, 2.75) is 12.6 Å². The van der Waals surface area contributed by atoms with Gasteiger partial charge in [-0.1, -0.05) is 35.6 Å². The van der Waals surface area contributed by atoms with E-state index in [1.807, 2.05) is 12.2 Å². The van der Waals surface area contributed by atoms with Gasteiger partial charge in [-0.3, -0.25) is 14.6 Å². The Morgan fingerprint density at radius 2 is 1.78 bits per heavy atom. The van der Waals surface area contributed by atoms with E-state index in [1.54, 1.807) is 18.2 Å². The number of aromatic nitrogens is 2. The van der Waals surface area contributed by atoms with Gasteiger partial charge in [-0.05, 0) is 42.0 Å². The molecule has 1 saturated carbocycles. The fourth-order valence-corrected chi connectivity index (χ4v) is 5.50. The third-order valence-electron chi connectivity index (χ3n) is 6.05. The van der Waals surface area contributed by atoms with Crippen molar-refractivity contribution >= 4 is 38.6 Å². The number of hydrogen-bond acceptors (Lipinski definition) is 5. The predicted molar refractivity (Wildman–Crippen MR) is 112 cm³/mol. The number of carboxylic acids is 1. The molecule has 1 amide bonds. The highest BCUT2D eigenvalue weighted by molar-refractivity contribution is 7.22. The number of carbonyl (C=O) groups excluding carboxylic acids is 1. The summed E-state index contributed by atoms with van der Waals surface area (Å²) in [7, 11) is 0. The van der Waals surface area contributed by atoms with Crippen LogP contribution in [0.3, 0.4) is 0 Å². The zero-order chi connectivity index (χ0) is 22.6. The highest BCUT2D eigenvalue weighted by atomic mass is 32.1. The second-order valence-electron chi connectivity index (χ2n) is 7.96. The summed E-state index contributed by atoms with van der Waals surface area (Å²) in [5, 5.41) is 12.7. The summed E-state index contributed by atoms with van der Waals surface area (Å²) < 4.78 is 38.9. The van der Waals surface area contributed by atoms with Gasteiger partial charge < -0.3 is 10.4 Å². The number of anilines is 1. The van der Waals surface area contributed by atoms with Crippen LogP contribution in [0.2, 0.25) is 0 Å². The minimum absolute atomic E-state index is 0.0887. The Morgan fingerprint density at radius 1 is 1.06 bits per heavy atom. The largest absolute Gasteiger partial charge is 0.481 e. The minimum Gasteiger partial charge on any atom is -0.481 e. The Labute approximate surface area is 183 Å². The van der Waals surface area contributed by atoms with E-state index in [0.29, 0.717) is 28.2 Å². The topological polar surface area (TPSA) is 92.2 Å². The molecule has 3 aromatic rings. The predicted octanol–water partition coefficient (Wildman–Crippen LogP) is 4.84. The summed E-state index contributed by atoms with van der Waals surface area (Å²) in [5.74, 6) is -2.92. The number of benzene rings is 1. The average Bonchev–Trinajstić information content (AvgIpc) is 3.46. The van der Waals surface area contributed by atoms with Crippen LogP contribution in [0.1, 0.15) is 12.1 Å². The number of thiazole rings is 1. The molecule has 0 radical (unpaired) electrons. The van der Waals surface area contributed by atoms with E-state index in [0.717, 1.165) is 10.8 Å². The van der Waals surface area contributed by atoms with E-state index in [4.69, 9.17) is 0 Å². The van der Waals surface area contributed by atoms with Crippen molar-refractivity contribution in [3.05, 3.63) is 54.4 Å². The van der Waals surface area contributed by atoms with Gasteiger partial charge in [-0.25, -0.2) is 4.98 Å². The van der Waals surface area contributed by atoms with Crippen LogP contribution < -0.4 is 5.32 Å². The summed E-state index contributed by atoms with van der Waals surface area (Å²) in [4.78, 5) is 32.4. The molecule has 32 heavy (non-hydrogen) atoms. The van der Waals surface area contributed by atoms with Gasteiger partial charge in [0.15, 0.2) is 5.13 Å². The Morgan fingerprint density at radius 3 is 2.44 bits per heavy atom. The Kier molecular flexibility index (Phi) is 4.77. The summed E-state index contributed by atoms with van der Waals surface area (Å²) in [5.41, 5.74) is 0.859. The Hall–Kier alpha value is -3.27. The first-order valence-corrected chi connectivity index (χ1v) is 10.7.